The smallest absolute Gasteiger partial charge is 0.0894 e. The predicted octanol–water partition coefficient (Wildman–Crippen LogP) is 2.20. The normalized spacial score (nSPS) is 5.40. The van der Waals surface area contributed by atoms with Crippen LogP contribution in [0.25, 0.3) is 0 Å². The van der Waals surface area contributed by atoms with Gasteiger partial charge in [-0.3, -0.25) is 8.78 Å². The van der Waals surface area contributed by atoms with E-state index in [2.05, 4.69) is 0 Å². The molecule has 1 N–H and O–H groups in total. The fourth-order valence-electron chi connectivity index (χ4n) is 0.134. The van der Waals surface area contributed by atoms with Crippen LogP contribution in [0, 0.1) is 0 Å². The number of alkyl halides is 2. The molecular formula is C5H13F3ORf. The van der Waals surface area contributed by atoms with Crippen LogP contribution in [-0.2, 0) is 0 Å². The van der Waals surface area contributed by atoms with Crippen LogP contribution in [0.2, 0.25) is 0 Å². The Balaban J connectivity index is -0.0000000315. The minimum absolute atomic E-state index is 0. The summed E-state index contributed by atoms with van der Waals surface area (Å²) >= 11 is 0. The van der Waals surface area contributed by atoms with Crippen LogP contribution in [-0.4, -0.2) is 19.2 Å². The van der Waals surface area contributed by atoms with Crippen molar-refractivity contribution in [1.82, 2.24) is 0 Å². The van der Waals surface area contributed by atoms with Crippen molar-refractivity contribution in [3.05, 3.63) is 0 Å². The zero-order valence-corrected chi connectivity index (χ0v) is 12.8. The molecule has 0 fully saturated rings. The molecule has 0 atom stereocenters. The first-order valence-corrected chi connectivity index (χ1v) is 2.52. The summed E-state index contributed by atoms with van der Waals surface area (Å²) in [4.78, 5) is 0. The van der Waals surface area contributed by atoms with E-state index in [4.69, 9.17) is 9.84 Å². The minimum Gasteiger partial charge on any atom is -0.255 e. The molecule has 5 heteroatoms. The first-order chi connectivity index (χ1) is 4.41. The molecule has 0 aromatic rings. The molecule has 0 saturated heterocycles. The van der Waals surface area contributed by atoms with Crippen molar-refractivity contribution < 1.29 is 18.6 Å². The molecule has 1 nitrogen and oxygen atoms in total. The summed E-state index contributed by atoms with van der Waals surface area (Å²) in [5.74, 6) is 0. The first-order valence-electron chi connectivity index (χ1n) is 2.52. The molecule has 0 aliphatic heterocycles. The van der Waals surface area contributed by atoms with Gasteiger partial charge in [-0.1, -0.05) is 17.9 Å². The topological polar surface area (TPSA) is 20.2 Å². The van der Waals surface area contributed by atoms with Gasteiger partial charge in [0, 0.05) is 0 Å². The van der Waals surface area contributed by atoms with Crippen molar-refractivity contribution >= 4 is 0 Å². The third kappa shape index (κ3) is 397. The first kappa shape index (κ1) is 23.3. The van der Waals surface area contributed by atoms with E-state index in [0.717, 1.165) is 12.8 Å². The summed E-state index contributed by atoms with van der Waals surface area (Å²) < 4.78 is 29.0. The molecule has 0 aliphatic rings. The molecule has 0 amide bonds. The zero-order chi connectivity index (χ0) is 8.12. The fourth-order valence-corrected chi connectivity index (χ4v) is 0.134. The van der Waals surface area contributed by atoms with Crippen molar-refractivity contribution in [1.29, 1.82) is 0 Å². The number of hydrogen-bond acceptors (Lipinski definition) is 1. The van der Waals surface area contributed by atoms with Gasteiger partial charge in [0.25, 0.3) is 0 Å². The second-order valence-corrected chi connectivity index (χ2v) is 1.04. The Bertz CT molecular complexity index is 24.4. The van der Waals surface area contributed by atoms with Crippen LogP contribution in [0.5, 0.6) is 0 Å². The van der Waals surface area contributed by atoms with Crippen molar-refractivity contribution in [3.8, 4) is 0 Å². The van der Waals surface area contributed by atoms with Gasteiger partial charge in [-0.05, 0) is 6.42 Å². The van der Waals surface area contributed by atoms with Gasteiger partial charge in [-0.2, -0.15) is 0 Å². The molecule has 0 saturated carbocycles. The Hall–Kier alpha value is -1.25. The Morgan fingerprint density at radius 1 is 1.20 bits per heavy atom. The molecule has 0 aromatic carbocycles. The van der Waals surface area contributed by atoms with Gasteiger partial charge in [-0.25, -0.2) is 5.31 Å². The van der Waals surface area contributed by atoms with Gasteiger partial charge in [0.05, 0.1) is 13.9 Å². The Kier molecular flexibility index (Phi) is 269. The van der Waals surface area contributed by atoms with E-state index in [1.165, 1.54) is 0 Å². The van der Waals surface area contributed by atoms with Gasteiger partial charge in [0.15, 0.2) is 0 Å². The molecule has 10 heavy (non-hydrogen) atoms. The average Bonchev–Trinajstić information content (AvgIpc) is 1.98. The number of halogens is 3. The van der Waals surface area contributed by atoms with Gasteiger partial charge >= 0.3 is 0 Å². The molecule has 0 radical (unpaired) electrons. The third-order valence-electron chi connectivity index (χ3n) is 0.487. The van der Waals surface area contributed by atoms with E-state index in [1.807, 2.05) is 6.92 Å². The standard InChI is InChI=1S/C4H9F.CH3F.FHO.Rf/c1-2-3-4-5;2*1-2;/h2-4H2,1H3;1H3;2H;. The second-order valence-electron chi connectivity index (χ2n) is 1.04. The maximum Gasteiger partial charge on any atom is 0.0894 e. The summed E-state index contributed by atoms with van der Waals surface area (Å²) in [5, 5.41) is 5.50. The second kappa shape index (κ2) is 115. The van der Waals surface area contributed by atoms with Crippen LogP contribution in [0.3, 0.4) is 0 Å². The summed E-state index contributed by atoms with van der Waals surface area (Å²) in [5.41, 5.74) is 0. The van der Waals surface area contributed by atoms with Crippen molar-refractivity contribution in [3.63, 3.8) is 0 Å². The van der Waals surface area contributed by atoms with E-state index < -0.39 is 0 Å². The molecular weight excluding hydrogens is 400 g/mol. The van der Waals surface area contributed by atoms with Crippen LogP contribution >= 0.6 is 0 Å². The maximum absolute atomic E-state index is 11.0. The SMILES string of the molecule is CCCCF.CF.OF.[Rf]. The van der Waals surface area contributed by atoms with Gasteiger partial charge in [0.1, 0.15) is 0 Å². The predicted molar refractivity (Wildman–Crippen MR) is 31.2 cm³/mol. The molecule has 0 aliphatic carbocycles. The molecule has 0 bridgehead atoms. The van der Waals surface area contributed by atoms with Crippen molar-refractivity contribution in [2.24, 2.45) is 0 Å². The third-order valence-corrected chi connectivity index (χ3v) is 0.487. The Labute approximate surface area is 53.4 Å². The number of hydrogen-bond donors (Lipinski definition) is 1. The molecule has 0 spiro atoms. The van der Waals surface area contributed by atoms with E-state index in [9.17, 15) is 8.78 Å². The van der Waals surface area contributed by atoms with E-state index in [-0.39, 0.29) is 6.67 Å². The number of unbranched alkanes of at least 4 members (excludes halogenated alkanes) is 1. The van der Waals surface area contributed by atoms with Crippen LogP contribution in [0.4, 0.5) is 13.3 Å². The molecule has 0 aromatic heterocycles. The monoisotopic (exact) mass is 413 g/mol. The number of rotatable bonds is 2. The van der Waals surface area contributed by atoms with Crippen molar-refractivity contribution in [2.75, 3.05) is 13.9 Å². The van der Waals surface area contributed by atoms with Gasteiger partial charge in [0.2, 0.25) is 0 Å². The zero-order valence-electron chi connectivity index (χ0n) is 6.41. The van der Waals surface area contributed by atoms with Crippen LogP contribution in [0.1, 0.15) is 19.8 Å². The summed E-state index contributed by atoms with van der Waals surface area (Å²) in [6.45, 7) is 1.82. The molecule has 62 valence electrons. The quantitative estimate of drug-likeness (QED) is 0.737. The Morgan fingerprint density at radius 2 is 1.50 bits per heavy atom. The van der Waals surface area contributed by atoms with E-state index in [1.54, 1.807) is 0 Å². The van der Waals surface area contributed by atoms with E-state index >= 15 is 0 Å². The summed E-state index contributed by atoms with van der Waals surface area (Å²) in [7, 11) is 0.500. The maximum atomic E-state index is 11.0. The summed E-state index contributed by atoms with van der Waals surface area (Å²) in [6, 6.07) is 0. The molecule has 0 heterocycles. The van der Waals surface area contributed by atoms with Gasteiger partial charge < -0.3 is 0 Å². The Morgan fingerprint density at radius 3 is 1.50 bits per heavy atom. The average molecular weight is 413 g/mol. The van der Waals surface area contributed by atoms with Crippen LogP contribution < -0.4 is 0 Å². The van der Waals surface area contributed by atoms with Crippen molar-refractivity contribution in [2.45, 2.75) is 19.8 Å². The fraction of sp³-hybridized carbons (Fsp3) is 1.00. The van der Waals surface area contributed by atoms with Crippen LogP contribution in [0.15, 0.2) is 0 Å². The molecule has 0 unspecified atom stereocenters. The minimum atomic E-state index is -0.156. The molecule has 0 rings (SSSR count). The van der Waals surface area contributed by atoms with Gasteiger partial charge in [-0.15, -0.1) is 0 Å². The van der Waals surface area contributed by atoms with E-state index in [0.29, 0.717) is 7.18 Å². The largest absolute Gasteiger partial charge is 0.255 e. The summed E-state index contributed by atoms with van der Waals surface area (Å²) in [6.07, 6.45) is 1.69.